The summed E-state index contributed by atoms with van der Waals surface area (Å²) in [4.78, 5) is 58.9. The van der Waals surface area contributed by atoms with E-state index in [9.17, 15) is 19.2 Å². The summed E-state index contributed by atoms with van der Waals surface area (Å²) in [7, 11) is 0. The number of ketones is 2. The van der Waals surface area contributed by atoms with Crippen LogP contribution in [-0.2, 0) is 38.6 Å². The molecule has 0 fully saturated rings. The molecule has 2 unspecified atom stereocenters. The highest BCUT2D eigenvalue weighted by molar-refractivity contribution is 6.37. The molecule has 34 heavy (non-hydrogen) atoms. The monoisotopic (exact) mass is 466 g/mol. The Bertz CT molecular complexity index is 1020. The lowest BCUT2D eigenvalue weighted by molar-refractivity contribution is -0.141. The molecule has 1 aliphatic heterocycles. The molecule has 1 aliphatic rings. The van der Waals surface area contributed by atoms with Crippen molar-refractivity contribution in [1.82, 2.24) is 20.6 Å². The number of nitrogens with one attached hydrogen (secondary N) is 2. The molecule has 180 valence electrons. The molecule has 0 spiro atoms. The number of aromatic nitrogens is 2. The molecular weight excluding hydrogens is 436 g/mol. The van der Waals surface area contributed by atoms with E-state index in [0.29, 0.717) is 19.3 Å². The van der Waals surface area contributed by atoms with Crippen molar-refractivity contribution in [2.75, 3.05) is 6.54 Å². The van der Waals surface area contributed by atoms with Gasteiger partial charge in [0, 0.05) is 30.8 Å². The predicted octanol–water partition coefficient (Wildman–Crippen LogP) is 2.18. The van der Waals surface area contributed by atoms with Crippen LogP contribution in [0, 0.1) is 11.8 Å². The smallest absolute Gasteiger partial charge is 0.408 e. The van der Waals surface area contributed by atoms with Crippen molar-refractivity contribution in [1.29, 1.82) is 0 Å². The summed E-state index contributed by atoms with van der Waals surface area (Å²) in [5.74, 6) is -2.68. The Morgan fingerprint density at radius 2 is 1.94 bits per heavy atom. The van der Waals surface area contributed by atoms with Crippen LogP contribution in [0.15, 0.2) is 42.9 Å². The van der Waals surface area contributed by atoms with Crippen LogP contribution >= 0.6 is 0 Å². The van der Waals surface area contributed by atoms with Crippen molar-refractivity contribution in [3.05, 3.63) is 59.7 Å². The van der Waals surface area contributed by atoms with Crippen molar-refractivity contribution < 1.29 is 23.9 Å². The SMILES string of the molecule is CC(C)C(NC(=O)OCc1ccccc1)C(=O)CC1CCc2ncncc2CCNC(=O)C1=O. The van der Waals surface area contributed by atoms with Crippen LogP contribution in [0.25, 0.3) is 0 Å². The van der Waals surface area contributed by atoms with Gasteiger partial charge in [-0.05, 0) is 36.3 Å². The maximum absolute atomic E-state index is 13.1. The van der Waals surface area contributed by atoms with Gasteiger partial charge in [0.05, 0.1) is 6.04 Å². The van der Waals surface area contributed by atoms with Gasteiger partial charge in [-0.1, -0.05) is 44.2 Å². The fourth-order valence-corrected chi connectivity index (χ4v) is 3.92. The number of carbonyl (C=O) groups excluding carboxylic acids is 4. The number of amides is 2. The molecule has 0 saturated carbocycles. The van der Waals surface area contributed by atoms with Gasteiger partial charge < -0.3 is 15.4 Å². The van der Waals surface area contributed by atoms with Gasteiger partial charge in [-0.3, -0.25) is 14.4 Å². The third kappa shape index (κ3) is 6.94. The number of benzene rings is 1. The summed E-state index contributed by atoms with van der Waals surface area (Å²) in [5.41, 5.74) is 2.54. The molecule has 2 amide bonds. The summed E-state index contributed by atoms with van der Waals surface area (Å²) in [5, 5.41) is 5.24. The van der Waals surface area contributed by atoms with E-state index in [1.54, 1.807) is 20.0 Å². The molecule has 9 nitrogen and oxygen atoms in total. The summed E-state index contributed by atoms with van der Waals surface area (Å²) < 4.78 is 5.25. The minimum absolute atomic E-state index is 0.0776. The second-order valence-corrected chi connectivity index (χ2v) is 8.70. The fraction of sp³-hybridized carbons (Fsp3) is 0.440. The first kappa shape index (κ1) is 25.0. The number of hydrogen-bond donors (Lipinski definition) is 2. The Balaban J connectivity index is 1.66. The standard InChI is InChI=1S/C25H30N4O5/c1-16(2)22(29-25(33)34-14-17-6-4-3-5-7-17)21(30)12-18-8-9-20-19(13-26-15-28-20)10-11-27-24(32)23(18)31/h3-7,13,15-16,18,22H,8-12,14H2,1-2H3,(H,27,32)(H,29,33). The molecule has 3 rings (SSSR count). The molecule has 2 heterocycles. The third-order valence-electron chi connectivity index (χ3n) is 5.83. The molecular formula is C25H30N4O5. The van der Waals surface area contributed by atoms with Crippen LogP contribution in [0.1, 0.15) is 43.5 Å². The molecule has 1 aromatic heterocycles. The Morgan fingerprint density at radius 1 is 1.18 bits per heavy atom. The number of hydrogen-bond acceptors (Lipinski definition) is 7. The van der Waals surface area contributed by atoms with E-state index < -0.39 is 29.7 Å². The number of nitrogens with zero attached hydrogens (tertiary/aromatic N) is 2. The highest BCUT2D eigenvalue weighted by Crippen LogP contribution is 2.20. The number of ether oxygens (including phenoxy) is 1. The molecule has 9 heteroatoms. The van der Waals surface area contributed by atoms with Crippen LogP contribution in [0.5, 0.6) is 0 Å². The number of fused-ring (bicyclic) bond motifs is 1. The number of carbonyl (C=O) groups is 4. The molecule has 2 aromatic rings. The van der Waals surface area contributed by atoms with Gasteiger partial charge >= 0.3 is 6.09 Å². The van der Waals surface area contributed by atoms with Crippen LogP contribution in [0.2, 0.25) is 0 Å². The van der Waals surface area contributed by atoms with Crippen LogP contribution in [-0.4, -0.2) is 46.1 Å². The van der Waals surface area contributed by atoms with Crippen molar-refractivity contribution >= 4 is 23.6 Å². The number of aryl methyl sites for hydroxylation is 1. The Morgan fingerprint density at radius 3 is 2.68 bits per heavy atom. The molecule has 0 saturated heterocycles. The van der Waals surface area contributed by atoms with Crippen molar-refractivity contribution in [2.45, 2.75) is 52.2 Å². The van der Waals surface area contributed by atoms with Crippen LogP contribution in [0.4, 0.5) is 4.79 Å². The molecule has 1 aromatic carbocycles. The lowest BCUT2D eigenvalue weighted by Crippen LogP contribution is -2.46. The average molecular weight is 467 g/mol. The molecule has 0 aliphatic carbocycles. The quantitative estimate of drug-likeness (QED) is 0.599. The van der Waals surface area contributed by atoms with Gasteiger partial charge in [-0.25, -0.2) is 14.8 Å². The lowest BCUT2D eigenvalue weighted by Gasteiger charge is -2.24. The summed E-state index contributed by atoms with van der Waals surface area (Å²) in [6, 6.07) is 8.36. The Kier molecular flexibility index (Phi) is 8.84. The largest absolute Gasteiger partial charge is 0.445 e. The van der Waals surface area contributed by atoms with Crippen LogP contribution in [0.3, 0.4) is 0 Å². The number of rotatable bonds is 7. The third-order valence-corrected chi connectivity index (χ3v) is 5.83. The van der Waals surface area contributed by atoms with E-state index in [-0.39, 0.29) is 31.3 Å². The first-order valence-electron chi connectivity index (χ1n) is 11.4. The minimum Gasteiger partial charge on any atom is -0.445 e. The van der Waals surface area contributed by atoms with E-state index in [0.717, 1.165) is 16.8 Å². The summed E-state index contributed by atoms with van der Waals surface area (Å²) in [6.45, 7) is 3.97. The van der Waals surface area contributed by atoms with E-state index >= 15 is 0 Å². The van der Waals surface area contributed by atoms with Gasteiger partial charge in [0.25, 0.3) is 5.91 Å². The van der Waals surface area contributed by atoms with E-state index in [4.69, 9.17) is 4.74 Å². The molecule has 2 N–H and O–H groups in total. The maximum Gasteiger partial charge on any atom is 0.408 e. The van der Waals surface area contributed by atoms with Gasteiger partial charge in [-0.2, -0.15) is 0 Å². The zero-order valence-corrected chi connectivity index (χ0v) is 19.5. The minimum atomic E-state index is -0.843. The molecule has 0 bridgehead atoms. The number of alkyl carbamates (subject to hydrolysis) is 1. The molecule has 0 radical (unpaired) electrons. The normalized spacial score (nSPS) is 17.3. The Hall–Kier alpha value is -3.62. The van der Waals surface area contributed by atoms with E-state index in [2.05, 4.69) is 20.6 Å². The summed E-state index contributed by atoms with van der Waals surface area (Å²) in [6.07, 6.45) is 3.57. The maximum atomic E-state index is 13.1. The molecule has 2 atom stereocenters. The van der Waals surface area contributed by atoms with Crippen molar-refractivity contribution in [3.8, 4) is 0 Å². The van der Waals surface area contributed by atoms with Crippen molar-refractivity contribution in [2.24, 2.45) is 11.8 Å². The van der Waals surface area contributed by atoms with Gasteiger partial charge in [-0.15, -0.1) is 0 Å². The van der Waals surface area contributed by atoms with E-state index in [1.807, 2.05) is 30.3 Å². The van der Waals surface area contributed by atoms with Gasteiger partial charge in [0.2, 0.25) is 5.78 Å². The zero-order chi connectivity index (χ0) is 24.5. The highest BCUT2D eigenvalue weighted by Gasteiger charge is 2.32. The topological polar surface area (TPSA) is 127 Å². The first-order chi connectivity index (χ1) is 16.3. The fourth-order valence-electron chi connectivity index (χ4n) is 3.92. The first-order valence-corrected chi connectivity index (χ1v) is 11.4. The van der Waals surface area contributed by atoms with E-state index in [1.165, 1.54) is 6.33 Å². The predicted molar refractivity (Wildman–Crippen MR) is 124 cm³/mol. The second-order valence-electron chi connectivity index (χ2n) is 8.70. The van der Waals surface area contributed by atoms with Crippen LogP contribution < -0.4 is 10.6 Å². The second kappa shape index (κ2) is 12.0. The zero-order valence-electron chi connectivity index (χ0n) is 19.5. The van der Waals surface area contributed by atoms with Crippen molar-refractivity contribution in [3.63, 3.8) is 0 Å². The number of Topliss-reactive ketones (excluding diaryl/α,β-unsaturated/α-hetero) is 2. The van der Waals surface area contributed by atoms with Gasteiger partial charge in [0.1, 0.15) is 12.9 Å². The average Bonchev–Trinajstić information content (AvgIpc) is 2.83. The highest BCUT2D eigenvalue weighted by atomic mass is 16.5. The lowest BCUT2D eigenvalue weighted by atomic mass is 9.86. The summed E-state index contributed by atoms with van der Waals surface area (Å²) >= 11 is 0. The Labute approximate surface area is 198 Å². The van der Waals surface area contributed by atoms with Gasteiger partial charge in [0.15, 0.2) is 5.78 Å².